The summed E-state index contributed by atoms with van der Waals surface area (Å²) in [6, 6.07) is 34.0. The van der Waals surface area contributed by atoms with Crippen LogP contribution in [0.5, 0.6) is 5.75 Å². The highest BCUT2D eigenvalue weighted by Gasteiger charge is 2.58. The van der Waals surface area contributed by atoms with Crippen molar-refractivity contribution in [3.8, 4) is 5.75 Å². The molecule has 288 valence electrons. The number of carbonyl (C=O) groups excluding carboxylic acids is 2. The highest BCUT2D eigenvalue weighted by Crippen LogP contribution is 2.52. The lowest BCUT2D eigenvalue weighted by molar-refractivity contribution is -0.122. The Bertz CT molecular complexity index is 2080. The van der Waals surface area contributed by atoms with Gasteiger partial charge in [0.25, 0.3) is 8.32 Å². The van der Waals surface area contributed by atoms with E-state index < -0.39 is 46.4 Å². The molecule has 0 radical (unpaired) electrons. The van der Waals surface area contributed by atoms with Gasteiger partial charge in [-0.15, -0.1) is 0 Å². The fraction of sp³-hybridized carbons (Fsp3) is 0.318. The number of allylic oxidation sites excluding steroid dienone is 1. The number of nitrogens with zero attached hydrogens (tertiary/aromatic N) is 1. The average molecular weight is 770 g/mol. The number of fused-ring (bicyclic) bond motifs is 3. The molecule has 4 aromatic rings. The maximum Gasteiger partial charge on any atom is 0.488 e. The second-order valence-corrected chi connectivity index (χ2v) is 20.7. The van der Waals surface area contributed by atoms with Crippen LogP contribution in [0.1, 0.15) is 52.5 Å². The molecule has 0 unspecified atom stereocenters. The quantitative estimate of drug-likeness (QED) is 0.0969. The number of benzene rings is 4. The second kappa shape index (κ2) is 16.1. The van der Waals surface area contributed by atoms with Crippen molar-refractivity contribution in [1.29, 1.82) is 0 Å². The molecule has 2 heterocycles. The van der Waals surface area contributed by atoms with Crippen molar-refractivity contribution in [2.45, 2.75) is 64.4 Å². The van der Waals surface area contributed by atoms with Crippen LogP contribution in [0.4, 0.5) is 5.69 Å². The number of hydrogen-bond acceptors (Lipinski definition) is 8. The van der Waals surface area contributed by atoms with E-state index in [4.69, 9.17) is 9.08 Å². The number of hydrogen-bond donors (Lipinski definition) is 4. The van der Waals surface area contributed by atoms with Crippen LogP contribution < -0.4 is 20.7 Å². The van der Waals surface area contributed by atoms with Crippen molar-refractivity contribution in [2.24, 2.45) is 17.8 Å². The Kier molecular flexibility index (Phi) is 11.4. The van der Waals surface area contributed by atoms with Crippen LogP contribution in [0.2, 0.25) is 11.4 Å². The van der Waals surface area contributed by atoms with E-state index in [2.05, 4.69) is 51.1 Å². The van der Waals surface area contributed by atoms with E-state index in [0.29, 0.717) is 12.8 Å². The number of amides is 2. The van der Waals surface area contributed by atoms with Gasteiger partial charge in [0.05, 0.1) is 30.2 Å². The molecule has 9 nitrogen and oxygen atoms in total. The molecule has 7 rings (SSSR count). The van der Waals surface area contributed by atoms with E-state index >= 15 is 0 Å². The predicted molar refractivity (Wildman–Crippen MR) is 223 cm³/mol. The number of phenols is 1. The topological polar surface area (TPSA) is 137 Å². The third-order valence-electron chi connectivity index (χ3n) is 11.7. The number of anilines is 1. The van der Waals surface area contributed by atoms with Gasteiger partial charge >= 0.3 is 14.2 Å². The first-order chi connectivity index (χ1) is 26.8. The van der Waals surface area contributed by atoms with Gasteiger partial charge < -0.3 is 29.3 Å². The van der Waals surface area contributed by atoms with E-state index in [0.717, 1.165) is 32.7 Å². The predicted octanol–water partition coefficient (Wildman–Crippen LogP) is 4.83. The largest absolute Gasteiger partial charge is 0.508 e. The maximum absolute atomic E-state index is 14.5. The molecule has 2 amide bonds. The summed E-state index contributed by atoms with van der Waals surface area (Å²) < 4.78 is 13.8. The summed E-state index contributed by atoms with van der Waals surface area (Å²) >= 11 is 0. The summed E-state index contributed by atoms with van der Waals surface area (Å²) in [6.45, 7) is 8.91. The van der Waals surface area contributed by atoms with E-state index in [-0.39, 0.29) is 53.1 Å². The van der Waals surface area contributed by atoms with Crippen molar-refractivity contribution in [3.63, 3.8) is 0 Å². The molecular weight excluding hydrogens is 720 g/mol. The summed E-state index contributed by atoms with van der Waals surface area (Å²) in [6.07, 6.45) is 3.14. The summed E-state index contributed by atoms with van der Waals surface area (Å²) in [5, 5.41) is 42.8. The minimum Gasteiger partial charge on any atom is -0.508 e. The highest BCUT2D eigenvalue weighted by atomic mass is 28.4. The minimum atomic E-state index is -3.02. The second-order valence-electron chi connectivity index (χ2n) is 16.4. The molecule has 0 bridgehead atoms. The maximum atomic E-state index is 14.5. The zero-order chi connectivity index (χ0) is 39.8. The van der Waals surface area contributed by atoms with Crippen molar-refractivity contribution in [3.05, 3.63) is 131 Å². The van der Waals surface area contributed by atoms with Gasteiger partial charge in [0.15, 0.2) is 0 Å². The van der Waals surface area contributed by atoms with Gasteiger partial charge in [-0.1, -0.05) is 117 Å². The first kappa shape index (κ1) is 39.7. The summed E-state index contributed by atoms with van der Waals surface area (Å²) in [4.78, 5) is 30.1. The van der Waals surface area contributed by atoms with Gasteiger partial charge in [-0.2, -0.15) is 0 Å². The van der Waals surface area contributed by atoms with E-state index in [1.807, 2.05) is 55.5 Å². The molecule has 56 heavy (non-hydrogen) atoms. The van der Waals surface area contributed by atoms with E-state index in [1.54, 1.807) is 24.3 Å². The number of imide groups is 1. The van der Waals surface area contributed by atoms with Crippen LogP contribution >= 0.6 is 0 Å². The zero-order valence-corrected chi connectivity index (χ0v) is 33.3. The normalized spacial score (nSPS) is 21.7. The van der Waals surface area contributed by atoms with Gasteiger partial charge in [0.2, 0.25) is 11.8 Å². The molecule has 2 aliphatic heterocycles. The molecule has 2 saturated heterocycles. The van der Waals surface area contributed by atoms with E-state index in [1.165, 1.54) is 17.0 Å². The summed E-state index contributed by atoms with van der Waals surface area (Å²) in [7, 11) is -5.92. The lowest BCUT2D eigenvalue weighted by Gasteiger charge is -2.46. The Hall–Kier alpha value is -4.55. The number of rotatable bonds is 11. The standard InChI is InChI=1S/C44H49B2NO8Si/c1-29(24-30-19-21-34(48)22-20-30)18-23-39-40-31(28-54-56(44(2,3)4,35-14-7-5-8-15-35)36-16-9-6-10-17-36)25-37-41(38(40)27-45(51)55-39)43(50)47(42(37)49)33-13-11-12-32(26-33)46(52)53/h5-17,19-22,24,26,37-39,41,48,51-53H,18,23,25,27-28H2,1-4H3/b29-24+/t37-,38+,39-,41-/m1/s1. The molecule has 1 aliphatic carbocycles. The van der Waals surface area contributed by atoms with Crippen molar-refractivity contribution in [2.75, 3.05) is 11.5 Å². The molecule has 4 atom stereocenters. The van der Waals surface area contributed by atoms with Crippen molar-refractivity contribution in [1.82, 2.24) is 0 Å². The van der Waals surface area contributed by atoms with E-state index in [9.17, 15) is 29.8 Å². The Balaban J connectivity index is 1.30. The third kappa shape index (κ3) is 7.62. The Morgan fingerprint density at radius 2 is 1.55 bits per heavy atom. The summed E-state index contributed by atoms with van der Waals surface area (Å²) in [5.41, 5.74) is 4.34. The van der Waals surface area contributed by atoms with Gasteiger partial charge in [-0.25, -0.2) is 0 Å². The lowest BCUT2D eigenvalue weighted by atomic mass is 9.58. The molecule has 0 aromatic heterocycles. The van der Waals surface area contributed by atoms with Crippen molar-refractivity contribution >= 4 is 62.0 Å². The fourth-order valence-corrected chi connectivity index (χ4v) is 13.8. The monoisotopic (exact) mass is 769 g/mol. The smallest absolute Gasteiger partial charge is 0.488 e. The van der Waals surface area contributed by atoms with Gasteiger partial charge in [-0.05, 0) is 100 Å². The fourth-order valence-electron chi connectivity index (χ4n) is 9.22. The molecule has 4 aromatic carbocycles. The Morgan fingerprint density at radius 3 is 2.16 bits per heavy atom. The van der Waals surface area contributed by atoms with Gasteiger partial charge in [0, 0.05) is 0 Å². The van der Waals surface area contributed by atoms with Crippen LogP contribution in [0.25, 0.3) is 6.08 Å². The minimum absolute atomic E-state index is 0.153. The molecule has 0 saturated carbocycles. The number of aromatic hydroxyl groups is 1. The molecule has 4 N–H and O–H groups in total. The zero-order valence-electron chi connectivity index (χ0n) is 32.3. The molecular formula is C44H49B2NO8Si. The SMILES string of the molecule is C/C(=C\c1ccc(O)cc1)CC[C@H]1OB(O)C[C@H]2C1=C(CO[Si](c1ccccc1)(c1ccccc1)C(C)(C)C)C[C@H]1C(=O)N(c3cccc(B(O)O)c3)C(=O)[C@H]12. The molecule has 12 heteroatoms. The van der Waals surface area contributed by atoms with Crippen LogP contribution in [-0.2, 0) is 18.7 Å². The molecule has 2 fully saturated rings. The van der Waals surface area contributed by atoms with Crippen LogP contribution in [0, 0.1) is 17.8 Å². The molecule has 0 spiro atoms. The van der Waals surface area contributed by atoms with Crippen LogP contribution in [-0.4, -0.2) is 67.3 Å². The average Bonchev–Trinajstić information content (AvgIpc) is 3.43. The van der Waals surface area contributed by atoms with Crippen LogP contribution in [0.15, 0.2) is 126 Å². The Morgan fingerprint density at radius 1 is 0.911 bits per heavy atom. The van der Waals surface area contributed by atoms with Crippen molar-refractivity contribution < 1.29 is 38.8 Å². The third-order valence-corrected chi connectivity index (χ3v) is 16.7. The van der Waals surface area contributed by atoms with Gasteiger partial charge in [-0.3, -0.25) is 14.5 Å². The number of carbonyl (C=O) groups is 2. The van der Waals surface area contributed by atoms with Crippen LogP contribution in [0.3, 0.4) is 0 Å². The number of phenolic OH excluding ortho intramolecular Hbond substituents is 1. The Labute approximate surface area is 330 Å². The first-order valence-electron chi connectivity index (χ1n) is 19.4. The highest BCUT2D eigenvalue weighted by molar-refractivity contribution is 6.99. The van der Waals surface area contributed by atoms with Gasteiger partial charge in [0.1, 0.15) is 5.75 Å². The first-order valence-corrected chi connectivity index (χ1v) is 21.3. The lowest BCUT2D eigenvalue weighted by Crippen LogP contribution is -2.66. The molecule has 3 aliphatic rings. The summed E-state index contributed by atoms with van der Waals surface area (Å²) in [5.74, 6) is -2.42.